The molecular formula is C46H53N5O6Si. The van der Waals surface area contributed by atoms with Crippen LogP contribution < -0.4 is 24.5 Å². The largest absolute Gasteiger partial charge is 0.497 e. The standard InChI is InChI=1S/C46H53N5O6Si/c1-31-44(58(4,5)37-21-18-35(55-2)19-22-37)42(24-26-49-29-40(47-48-49)38(30-52)33-11-7-6-8-12-33)57-46(31)39-27-36(56-3)20-23-41(39)51(45(46)54)28-32-14-16-34(17-15-32)50-25-10-9-13-43(50)53/h6-8,11-12,14-23,27,29,31,38,42,44,52H,9-10,13,24-26,28,30H2,1-5H3/t31-,38?,42+,44-,46+/m0/s1. The topological polar surface area (TPSA) is 119 Å². The number of piperidine rings is 1. The Morgan fingerprint density at radius 3 is 2.34 bits per heavy atom. The highest BCUT2D eigenvalue weighted by Crippen LogP contribution is 2.60. The summed E-state index contributed by atoms with van der Waals surface area (Å²) < 4.78 is 20.5. The summed E-state index contributed by atoms with van der Waals surface area (Å²) >= 11 is 0. The molecule has 5 aromatic rings. The number of carbonyl (C=O) groups excluding carboxylic acids is 2. The second-order valence-electron chi connectivity index (χ2n) is 16.4. The molecule has 2 fully saturated rings. The zero-order valence-corrected chi connectivity index (χ0v) is 35.0. The van der Waals surface area contributed by atoms with Crippen molar-refractivity contribution in [1.29, 1.82) is 0 Å². The number of aryl methyl sites for hydroxylation is 1. The zero-order valence-electron chi connectivity index (χ0n) is 34.0. The molecule has 0 radical (unpaired) electrons. The van der Waals surface area contributed by atoms with Crippen LogP contribution >= 0.6 is 0 Å². The summed E-state index contributed by atoms with van der Waals surface area (Å²) in [7, 11) is 0.929. The van der Waals surface area contributed by atoms with Crippen molar-refractivity contribution in [3.05, 3.63) is 126 Å². The third-order valence-corrected chi connectivity index (χ3v) is 17.3. The van der Waals surface area contributed by atoms with E-state index in [0.29, 0.717) is 37.4 Å². The molecule has 4 aromatic carbocycles. The quantitative estimate of drug-likeness (QED) is 0.130. The number of hydrogen-bond donors (Lipinski definition) is 1. The number of fused-ring (bicyclic) bond motifs is 2. The van der Waals surface area contributed by atoms with Crippen molar-refractivity contribution < 1.29 is 28.9 Å². The van der Waals surface area contributed by atoms with E-state index in [0.717, 1.165) is 53.2 Å². The average Bonchev–Trinajstić information content (AvgIpc) is 3.91. The number of aliphatic hydroxyl groups is 1. The molecule has 3 aliphatic rings. The number of methoxy groups -OCH3 is 2. The van der Waals surface area contributed by atoms with Crippen molar-refractivity contribution in [3.8, 4) is 11.5 Å². The van der Waals surface area contributed by atoms with Gasteiger partial charge in [0.05, 0.1) is 58.8 Å². The van der Waals surface area contributed by atoms with Gasteiger partial charge in [0.2, 0.25) is 5.91 Å². The van der Waals surface area contributed by atoms with Crippen LogP contribution in [0.25, 0.3) is 0 Å². The number of rotatable bonds is 13. The Balaban J connectivity index is 1.14. The molecule has 1 aromatic heterocycles. The summed E-state index contributed by atoms with van der Waals surface area (Å²) in [5.41, 5.74) is 3.95. The molecule has 302 valence electrons. The van der Waals surface area contributed by atoms with E-state index in [1.165, 1.54) is 5.19 Å². The minimum Gasteiger partial charge on any atom is -0.497 e. The van der Waals surface area contributed by atoms with Crippen LogP contribution in [0.1, 0.15) is 60.9 Å². The maximum Gasteiger partial charge on any atom is 0.264 e. The second-order valence-corrected chi connectivity index (χ2v) is 21.1. The van der Waals surface area contributed by atoms with E-state index in [1.54, 1.807) is 14.2 Å². The minimum atomic E-state index is -2.39. The number of anilines is 2. The molecule has 1 unspecified atom stereocenters. The van der Waals surface area contributed by atoms with Crippen molar-refractivity contribution >= 4 is 36.4 Å². The number of hydrogen-bond acceptors (Lipinski definition) is 8. The van der Waals surface area contributed by atoms with Gasteiger partial charge in [-0.05, 0) is 78.4 Å². The van der Waals surface area contributed by atoms with Gasteiger partial charge in [-0.2, -0.15) is 0 Å². The summed E-state index contributed by atoms with van der Waals surface area (Å²) in [6.07, 6.45) is 4.72. The molecule has 5 atom stereocenters. The fourth-order valence-corrected chi connectivity index (χ4v) is 13.8. The number of aromatic nitrogens is 3. The Hall–Kier alpha value is -5.30. The Bertz CT molecular complexity index is 2250. The predicted octanol–water partition coefficient (Wildman–Crippen LogP) is 6.79. The van der Waals surface area contributed by atoms with Crippen molar-refractivity contribution in [3.63, 3.8) is 0 Å². The Kier molecular flexibility index (Phi) is 11.0. The molecule has 1 N–H and O–H groups in total. The lowest BCUT2D eigenvalue weighted by Gasteiger charge is -2.37. The van der Waals surface area contributed by atoms with Crippen LogP contribution in [0.4, 0.5) is 11.4 Å². The number of amides is 2. The van der Waals surface area contributed by atoms with Crippen molar-refractivity contribution in [2.45, 2.75) is 82.0 Å². The normalized spacial score (nSPS) is 22.4. The van der Waals surface area contributed by atoms with Gasteiger partial charge in [0.25, 0.3) is 5.91 Å². The van der Waals surface area contributed by atoms with Crippen molar-refractivity contribution in [2.75, 3.05) is 37.2 Å². The van der Waals surface area contributed by atoms with Crippen LogP contribution in [-0.2, 0) is 33.0 Å². The first kappa shape index (κ1) is 39.5. The smallest absolute Gasteiger partial charge is 0.264 e. The van der Waals surface area contributed by atoms with Gasteiger partial charge in [-0.3, -0.25) is 14.3 Å². The number of aliphatic hydroxyl groups excluding tert-OH is 1. The SMILES string of the molecule is COc1ccc([Si](C)(C)[C@@H]2[C@@H](CCn3cc(C(CO)c4ccccc4)nn3)O[C@]3(C(=O)N(Cc4ccc(N5CCCCC5=O)cc4)c4ccc(OC)cc43)[C@H]2C)cc1. The third-order valence-electron chi connectivity index (χ3n) is 12.9. The molecule has 2 amide bonds. The maximum absolute atomic E-state index is 15.4. The second kappa shape index (κ2) is 16.2. The molecule has 1 spiro atoms. The first-order chi connectivity index (χ1) is 28.1. The first-order valence-corrected chi connectivity index (χ1v) is 23.4. The molecule has 0 saturated carbocycles. The molecule has 11 nitrogen and oxygen atoms in total. The molecule has 4 heterocycles. The van der Waals surface area contributed by atoms with Gasteiger partial charge in [-0.15, -0.1) is 5.10 Å². The van der Waals surface area contributed by atoms with E-state index in [1.807, 2.05) is 106 Å². The van der Waals surface area contributed by atoms with Crippen LogP contribution in [0.5, 0.6) is 11.5 Å². The fourth-order valence-electron chi connectivity index (χ4n) is 9.79. The minimum absolute atomic E-state index is 0.0303. The maximum atomic E-state index is 15.4. The van der Waals surface area contributed by atoms with E-state index in [2.05, 4.69) is 42.5 Å². The van der Waals surface area contributed by atoms with Gasteiger partial charge in [0.15, 0.2) is 5.60 Å². The van der Waals surface area contributed by atoms with Gasteiger partial charge in [-0.1, -0.05) is 85.0 Å². The van der Waals surface area contributed by atoms with Crippen LogP contribution in [0, 0.1) is 5.92 Å². The molecule has 0 bridgehead atoms. The Morgan fingerprint density at radius 1 is 0.931 bits per heavy atom. The fraction of sp³-hybridized carbons (Fsp3) is 0.391. The van der Waals surface area contributed by atoms with Crippen molar-refractivity contribution in [1.82, 2.24) is 15.0 Å². The summed E-state index contributed by atoms with van der Waals surface area (Å²) in [6.45, 7) is 8.47. The van der Waals surface area contributed by atoms with Gasteiger partial charge < -0.3 is 29.1 Å². The summed E-state index contributed by atoms with van der Waals surface area (Å²) in [4.78, 5) is 31.8. The molecule has 3 aliphatic heterocycles. The summed E-state index contributed by atoms with van der Waals surface area (Å²) in [5, 5.41) is 20.6. The third kappa shape index (κ3) is 7.00. The number of benzene rings is 4. The van der Waals surface area contributed by atoms with E-state index >= 15 is 4.79 Å². The molecular weight excluding hydrogens is 747 g/mol. The predicted molar refractivity (Wildman–Crippen MR) is 226 cm³/mol. The molecule has 58 heavy (non-hydrogen) atoms. The Labute approximate surface area is 341 Å². The monoisotopic (exact) mass is 799 g/mol. The van der Waals surface area contributed by atoms with E-state index in [4.69, 9.17) is 14.2 Å². The van der Waals surface area contributed by atoms with Crippen LogP contribution in [0.15, 0.2) is 103 Å². The summed E-state index contributed by atoms with van der Waals surface area (Å²) in [5.74, 6) is 1.06. The average molecular weight is 800 g/mol. The molecule has 2 saturated heterocycles. The number of carbonyl (C=O) groups is 2. The van der Waals surface area contributed by atoms with E-state index in [9.17, 15) is 9.90 Å². The first-order valence-electron chi connectivity index (χ1n) is 20.4. The van der Waals surface area contributed by atoms with Gasteiger partial charge in [0.1, 0.15) is 11.5 Å². The van der Waals surface area contributed by atoms with Crippen LogP contribution in [-0.4, -0.2) is 73.5 Å². The highest BCUT2D eigenvalue weighted by molar-refractivity contribution is 6.91. The zero-order chi connectivity index (χ0) is 40.6. The molecule has 8 rings (SSSR count). The summed E-state index contributed by atoms with van der Waals surface area (Å²) in [6, 6.07) is 32.1. The lowest BCUT2D eigenvalue weighted by atomic mass is 9.82. The number of ether oxygens (including phenoxy) is 3. The Morgan fingerprint density at radius 2 is 1.66 bits per heavy atom. The highest BCUT2D eigenvalue weighted by atomic mass is 28.3. The highest BCUT2D eigenvalue weighted by Gasteiger charge is 2.66. The van der Waals surface area contributed by atoms with E-state index < -0.39 is 13.7 Å². The van der Waals surface area contributed by atoms with Crippen LogP contribution in [0.2, 0.25) is 18.6 Å². The molecule has 0 aliphatic carbocycles. The van der Waals surface area contributed by atoms with Gasteiger partial charge >= 0.3 is 0 Å². The lowest BCUT2D eigenvalue weighted by Crippen LogP contribution is -2.51. The lowest BCUT2D eigenvalue weighted by molar-refractivity contribution is -0.146. The van der Waals surface area contributed by atoms with Crippen molar-refractivity contribution in [2.24, 2.45) is 5.92 Å². The molecule has 12 heteroatoms. The number of nitrogens with zero attached hydrogens (tertiary/aromatic N) is 5. The van der Waals surface area contributed by atoms with Gasteiger partial charge in [0, 0.05) is 42.9 Å². The van der Waals surface area contributed by atoms with E-state index in [-0.39, 0.29) is 41.9 Å². The van der Waals surface area contributed by atoms with Gasteiger partial charge in [-0.25, -0.2) is 0 Å². The van der Waals surface area contributed by atoms with Crippen LogP contribution in [0.3, 0.4) is 0 Å².